The molecule has 0 fully saturated rings. The van der Waals surface area contributed by atoms with Crippen LogP contribution in [0.1, 0.15) is 24.4 Å². The van der Waals surface area contributed by atoms with Crippen LogP contribution in [0, 0.1) is 13.8 Å². The minimum atomic E-state index is -0.388. The molecule has 0 aromatic carbocycles. The predicted octanol–water partition coefficient (Wildman–Crippen LogP) is 1.69. The molecule has 2 aromatic rings. The van der Waals surface area contributed by atoms with Gasteiger partial charge in [-0.1, -0.05) is 5.16 Å². The Balaban J connectivity index is 2.05. The van der Waals surface area contributed by atoms with Crippen LogP contribution < -0.4 is 5.32 Å². The van der Waals surface area contributed by atoms with Crippen molar-refractivity contribution in [1.82, 2.24) is 14.9 Å². The van der Waals surface area contributed by atoms with E-state index in [1.54, 1.807) is 30.8 Å². The molecule has 1 N–H and O–H groups in total. The highest BCUT2D eigenvalue weighted by Crippen LogP contribution is 2.11. The topological polar surface area (TPSA) is 73.0 Å². The highest BCUT2D eigenvalue weighted by molar-refractivity contribution is 5.92. The molecule has 2 rings (SSSR count). The number of hydrogen-bond donors (Lipinski definition) is 1. The fourth-order valence-electron chi connectivity index (χ4n) is 1.42. The van der Waals surface area contributed by atoms with E-state index in [2.05, 4.69) is 15.6 Å². The average Bonchev–Trinajstić information content (AvgIpc) is 2.87. The molecule has 1 amide bonds. The summed E-state index contributed by atoms with van der Waals surface area (Å²) >= 11 is 0. The molecule has 0 aliphatic rings. The number of aryl methyl sites for hydroxylation is 2. The summed E-state index contributed by atoms with van der Waals surface area (Å²) < 4.78 is 6.48. The van der Waals surface area contributed by atoms with Crippen molar-refractivity contribution in [2.75, 3.05) is 5.32 Å². The Kier molecular flexibility index (Phi) is 2.95. The second kappa shape index (κ2) is 4.40. The van der Waals surface area contributed by atoms with Crippen molar-refractivity contribution in [3.05, 3.63) is 29.8 Å². The maximum absolute atomic E-state index is 11.9. The van der Waals surface area contributed by atoms with Crippen LogP contribution in [-0.4, -0.2) is 20.8 Å². The maximum atomic E-state index is 11.9. The Labute approximate surface area is 98.6 Å². The fraction of sp³-hybridized carbons (Fsp3) is 0.364. The van der Waals surface area contributed by atoms with Gasteiger partial charge in [0.15, 0.2) is 5.82 Å². The summed E-state index contributed by atoms with van der Waals surface area (Å²) in [6, 6.07) is 3.13. The summed E-state index contributed by atoms with van der Waals surface area (Å²) in [5.74, 6) is 0.896. The van der Waals surface area contributed by atoms with Crippen LogP contribution in [0.4, 0.5) is 5.82 Å². The highest BCUT2D eigenvalue weighted by Gasteiger charge is 2.16. The lowest BCUT2D eigenvalue weighted by Gasteiger charge is -2.10. The molecule has 0 spiro atoms. The van der Waals surface area contributed by atoms with Gasteiger partial charge in [-0.15, -0.1) is 0 Å². The van der Waals surface area contributed by atoms with E-state index in [-0.39, 0.29) is 11.9 Å². The van der Waals surface area contributed by atoms with Crippen molar-refractivity contribution in [2.24, 2.45) is 0 Å². The van der Waals surface area contributed by atoms with E-state index < -0.39 is 0 Å². The lowest BCUT2D eigenvalue weighted by atomic mass is 10.3. The van der Waals surface area contributed by atoms with Crippen LogP contribution in [0.5, 0.6) is 0 Å². The van der Waals surface area contributed by atoms with E-state index in [0.717, 1.165) is 5.69 Å². The molecule has 0 saturated carbocycles. The Bertz CT molecular complexity index is 529. The van der Waals surface area contributed by atoms with Crippen LogP contribution in [0.3, 0.4) is 0 Å². The highest BCUT2D eigenvalue weighted by atomic mass is 16.5. The first-order chi connectivity index (χ1) is 8.06. The molecule has 90 valence electrons. The third kappa shape index (κ3) is 2.52. The van der Waals surface area contributed by atoms with Crippen LogP contribution in [0.25, 0.3) is 0 Å². The van der Waals surface area contributed by atoms with Gasteiger partial charge in [-0.25, -0.2) is 0 Å². The Morgan fingerprint density at radius 1 is 1.53 bits per heavy atom. The predicted molar refractivity (Wildman–Crippen MR) is 61.5 cm³/mol. The molecule has 6 nitrogen and oxygen atoms in total. The van der Waals surface area contributed by atoms with Crippen LogP contribution in [-0.2, 0) is 4.79 Å². The van der Waals surface area contributed by atoms with Gasteiger partial charge in [-0.3, -0.25) is 9.48 Å². The molecule has 0 aliphatic heterocycles. The molecule has 0 bridgehead atoms. The first-order valence-corrected chi connectivity index (χ1v) is 5.32. The second-order valence-corrected chi connectivity index (χ2v) is 3.93. The van der Waals surface area contributed by atoms with Crippen molar-refractivity contribution in [1.29, 1.82) is 0 Å². The van der Waals surface area contributed by atoms with E-state index in [4.69, 9.17) is 4.52 Å². The van der Waals surface area contributed by atoms with E-state index in [9.17, 15) is 4.79 Å². The smallest absolute Gasteiger partial charge is 0.250 e. The molecule has 0 radical (unpaired) electrons. The molecular weight excluding hydrogens is 220 g/mol. The number of anilines is 1. The average molecular weight is 234 g/mol. The molecule has 1 atom stereocenters. The van der Waals surface area contributed by atoms with Gasteiger partial charge in [0, 0.05) is 12.3 Å². The van der Waals surface area contributed by atoms with Crippen LogP contribution in [0.15, 0.2) is 22.9 Å². The summed E-state index contributed by atoms with van der Waals surface area (Å²) in [5, 5.41) is 10.6. The summed E-state index contributed by atoms with van der Waals surface area (Å²) in [4.78, 5) is 11.9. The summed E-state index contributed by atoms with van der Waals surface area (Å²) in [6.45, 7) is 5.42. The van der Waals surface area contributed by atoms with Crippen molar-refractivity contribution in [3.8, 4) is 0 Å². The van der Waals surface area contributed by atoms with E-state index in [1.807, 2.05) is 13.0 Å². The number of aromatic nitrogens is 3. The van der Waals surface area contributed by atoms with Crippen molar-refractivity contribution in [3.63, 3.8) is 0 Å². The second-order valence-electron chi connectivity index (χ2n) is 3.93. The van der Waals surface area contributed by atoms with Gasteiger partial charge in [0.25, 0.3) is 0 Å². The minimum Gasteiger partial charge on any atom is -0.360 e. The zero-order valence-electron chi connectivity index (χ0n) is 9.97. The number of rotatable bonds is 3. The first kappa shape index (κ1) is 11.4. The SMILES string of the molecule is Cc1ccn([C@H](C)C(=O)Nc2cc(C)on2)n1. The number of carbonyl (C=O) groups is 1. The number of amides is 1. The van der Waals surface area contributed by atoms with E-state index in [1.165, 1.54) is 0 Å². The zero-order valence-corrected chi connectivity index (χ0v) is 9.97. The fourth-order valence-corrected chi connectivity index (χ4v) is 1.42. The number of hydrogen-bond acceptors (Lipinski definition) is 4. The largest absolute Gasteiger partial charge is 0.360 e. The standard InChI is InChI=1S/C11H14N4O2/c1-7-4-5-15(13-7)9(3)11(16)12-10-6-8(2)17-14-10/h4-6,9H,1-3H3,(H,12,14,16)/t9-/m1/s1. The van der Waals surface area contributed by atoms with Gasteiger partial charge in [0.05, 0.1) is 5.69 Å². The zero-order chi connectivity index (χ0) is 12.4. The molecule has 0 aliphatic carbocycles. The van der Waals surface area contributed by atoms with Gasteiger partial charge >= 0.3 is 0 Å². The Morgan fingerprint density at radius 2 is 2.29 bits per heavy atom. The van der Waals surface area contributed by atoms with Gasteiger partial charge in [0.1, 0.15) is 11.8 Å². The van der Waals surface area contributed by atoms with Crippen molar-refractivity contribution in [2.45, 2.75) is 26.8 Å². The molecule has 0 saturated heterocycles. The molecular formula is C11H14N4O2. The Hall–Kier alpha value is -2.11. The van der Waals surface area contributed by atoms with Crippen molar-refractivity contribution >= 4 is 11.7 Å². The molecule has 17 heavy (non-hydrogen) atoms. The number of carbonyl (C=O) groups excluding carboxylic acids is 1. The lowest BCUT2D eigenvalue weighted by molar-refractivity contribution is -0.119. The molecule has 0 unspecified atom stereocenters. The quantitative estimate of drug-likeness (QED) is 0.877. The summed E-state index contributed by atoms with van der Waals surface area (Å²) in [6.07, 6.45) is 1.77. The van der Waals surface area contributed by atoms with Gasteiger partial charge in [0.2, 0.25) is 5.91 Å². The maximum Gasteiger partial charge on any atom is 0.250 e. The normalized spacial score (nSPS) is 12.4. The first-order valence-electron chi connectivity index (χ1n) is 5.32. The van der Waals surface area contributed by atoms with Crippen LogP contribution >= 0.6 is 0 Å². The van der Waals surface area contributed by atoms with E-state index in [0.29, 0.717) is 11.6 Å². The van der Waals surface area contributed by atoms with Crippen LogP contribution in [0.2, 0.25) is 0 Å². The van der Waals surface area contributed by atoms with E-state index >= 15 is 0 Å². The molecule has 2 aromatic heterocycles. The van der Waals surface area contributed by atoms with Crippen molar-refractivity contribution < 1.29 is 9.32 Å². The molecule has 2 heterocycles. The lowest BCUT2D eigenvalue weighted by Crippen LogP contribution is -2.24. The van der Waals surface area contributed by atoms with Gasteiger partial charge in [-0.05, 0) is 26.8 Å². The Morgan fingerprint density at radius 3 is 2.82 bits per heavy atom. The third-order valence-corrected chi connectivity index (χ3v) is 2.40. The van der Waals surface area contributed by atoms with Gasteiger partial charge in [-0.2, -0.15) is 5.10 Å². The summed E-state index contributed by atoms with van der Waals surface area (Å²) in [7, 11) is 0. The molecule has 6 heteroatoms. The van der Waals surface area contributed by atoms with Gasteiger partial charge < -0.3 is 9.84 Å². The minimum absolute atomic E-state index is 0.179. The summed E-state index contributed by atoms with van der Waals surface area (Å²) in [5.41, 5.74) is 0.877. The monoisotopic (exact) mass is 234 g/mol. The number of nitrogens with one attached hydrogen (secondary N) is 1. The number of nitrogens with zero attached hydrogens (tertiary/aromatic N) is 3. The third-order valence-electron chi connectivity index (χ3n) is 2.40.